The molecule has 0 aliphatic carbocycles. The molecule has 0 aliphatic rings. The summed E-state index contributed by atoms with van der Waals surface area (Å²) < 4.78 is 4.92. The molecule has 2 rings (SSSR count). The zero-order valence-electron chi connectivity index (χ0n) is 6.68. The monoisotopic (exact) mass is 174 g/mol. The second-order valence-corrected chi connectivity index (χ2v) is 2.48. The molecule has 13 heavy (non-hydrogen) atoms. The van der Waals surface area contributed by atoms with Crippen molar-refractivity contribution in [1.82, 2.24) is 10.1 Å². The molecule has 0 aliphatic heterocycles. The highest BCUT2D eigenvalue weighted by molar-refractivity contribution is 5.74. The molecule has 4 nitrogen and oxygen atoms in total. The van der Waals surface area contributed by atoms with Crippen LogP contribution in [0.25, 0.3) is 11.3 Å². The van der Waals surface area contributed by atoms with Crippen LogP contribution in [0.2, 0.25) is 0 Å². The summed E-state index contributed by atoms with van der Waals surface area (Å²) in [5.74, 6) is 0.551. The van der Waals surface area contributed by atoms with Gasteiger partial charge >= 0.3 is 0 Å². The van der Waals surface area contributed by atoms with Gasteiger partial charge in [-0.3, -0.25) is 9.78 Å². The standard InChI is InChI=1S/C9H6N2O2/c12-6-8-4-9(13-11-8)7-2-1-3-10-5-7/h1-6H. The second kappa shape index (κ2) is 3.18. The summed E-state index contributed by atoms with van der Waals surface area (Å²) in [4.78, 5) is 14.2. The van der Waals surface area contributed by atoms with Crippen LogP contribution in [0.15, 0.2) is 35.1 Å². The van der Waals surface area contributed by atoms with E-state index in [2.05, 4.69) is 10.1 Å². The van der Waals surface area contributed by atoms with Gasteiger partial charge in [-0.15, -0.1) is 0 Å². The Morgan fingerprint density at radius 3 is 3.00 bits per heavy atom. The zero-order valence-corrected chi connectivity index (χ0v) is 6.68. The van der Waals surface area contributed by atoms with Crippen LogP contribution in [0, 0.1) is 0 Å². The van der Waals surface area contributed by atoms with E-state index in [1.807, 2.05) is 6.07 Å². The normalized spacial score (nSPS) is 9.85. The van der Waals surface area contributed by atoms with Crippen LogP contribution < -0.4 is 0 Å². The number of rotatable bonds is 2. The highest BCUT2D eigenvalue weighted by atomic mass is 16.5. The molecule has 0 N–H and O–H groups in total. The van der Waals surface area contributed by atoms with Crippen molar-refractivity contribution < 1.29 is 9.32 Å². The van der Waals surface area contributed by atoms with Crippen molar-refractivity contribution >= 4 is 6.29 Å². The molecule has 64 valence electrons. The zero-order chi connectivity index (χ0) is 9.10. The lowest BCUT2D eigenvalue weighted by atomic mass is 10.2. The molecule has 0 aromatic carbocycles. The summed E-state index contributed by atoms with van der Waals surface area (Å²) in [5.41, 5.74) is 1.10. The highest BCUT2D eigenvalue weighted by Gasteiger charge is 2.04. The molecule has 0 saturated carbocycles. The fraction of sp³-hybridized carbons (Fsp3) is 0. The van der Waals surface area contributed by atoms with Gasteiger partial charge in [-0.25, -0.2) is 0 Å². The van der Waals surface area contributed by atoms with E-state index in [1.165, 1.54) is 0 Å². The molecule has 0 radical (unpaired) electrons. The van der Waals surface area contributed by atoms with Gasteiger partial charge in [0.15, 0.2) is 12.0 Å². The summed E-state index contributed by atoms with van der Waals surface area (Å²) in [6, 6.07) is 5.20. The van der Waals surface area contributed by atoms with Gasteiger partial charge in [0.1, 0.15) is 5.69 Å². The molecular weight excluding hydrogens is 168 g/mol. The van der Waals surface area contributed by atoms with Gasteiger partial charge in [0.2, 0.25) is 0 Å². The average molecular weight is 174 g/mol. The topological polar surface area (TPSA) is 56.0 Å². The van der Waals surface area contributed by atoms with Crippen LogP contribution in [-0.4, -0.2) is 16.4 Å². The van der Waals surface area contributed by atoms with Crippen LogP contribution >= 0.6 is 0 Å². The van der Waals surface area contributed by atoms with Gasteiger partial charge in [0.25, 0.3) is 0 Å². The molecule has 2 heterocycles. The lowest BCUT2D eigenvalue weighted by Gasteiger charge is -1.90. The number of aromatic nitrogens is 2. The maximum Gasteiger partial charge on any atom is 0.171 e. The van der Waals surface area contributed by atoms with Gasteiger partial charge in [-0.05, 0) is 12.1 Å². The fourth-order valence-electron chi connectivity index (χ4n) is 0.989. The summed E-state index contributed by atoms with van der Waals surface area (Å²) in [5, 5.41) is 3.54. The molecule has 2 aromatic heterocycles. The van der Waals surface area contributed by atoms with Crippen LogP contribution in [0.5, 0.6) is 0 Å². The number of nitrogens with zero attached hydrogens (tertiary/aromatic N) is 2. The first kappa shape index (κ1) is 7.67. The Morgan fingerprint density at radius 2 is 2.38 bits per heavy atom. The van der Waals surface area contributed by atoms with Crippen LogP contribution in [-0.2, 0) is 0 Å². The molecular formula is C9H6N2O2. The van der Waals surface area contributed by atoms with Crippen molar-refractivity contribution in [3.8, 4) is 11.3 Å². The molecule has 0 amide bonds. The molecule has 0 saturated heterocycles. The first-order valence-corrected chi connectivity index (χ1v) is 3.72. The summed E-state index contributed by atoms with van der Waals surface area (Å²) in [6.07, 6.45) is 3.96. The van der Waals surface area contributed by atoms with E-state index in [0.717, 1.165) is 5.56 Å². The van der Waals surface area contributed by atoms with Gasteiger partial charge in [-0.1, -0.05) is 5.16 Å². The van der Waals surface area contributed by atoms with E-state index in [0.29, 0.717) is 17.7 Å². The van der Waals surface area contributed by atoms with Gasteiger partial charge in [-0.2, -0.15) is 0 Å². The minimum atomic E-state index is 0.291. The summed E-state index contributed by atoms with van der Waals surface area (Å²) in [7, 11) is 0. The van der Waals surface area contributed by atoms with Crippen molar-refractivity contribution in [3.63, 3.8) is 0 Å². The molecule has 0 unspecified atom stereocenters. The van der Waals surface area contributed by atoms with E-state index in [-0.39, 0.29) is 0 Å². The van der Waals surface area contributed by atoms with Crippen molar-refractivity contribution in [1.29, 1.82) is 0 Å². The second-order valence-electron chi connectivity index (χ2n) is 2.48. The quantitative estimate of drug-likeness (QED) is 0.648. The highest BCUT2D eigenvalue weighted by Crippen LogP contribution is 2.17. The van der Waals surface area contributed by atoms with Gasteiger partial charge in [0.05, 0.1) is 0 Å². The molecule has 0 spiro atoms. The van der Waals surface area contributed by atoms with Crippen LogP contribution in [0.3, 0.4) is 0 Å². The molecule has 0 atom stereocenters. The SMILES string of the molecule is O=Cc1cc(-c2cccnc2)on1. The maximum absolute atomic E-state index is 10.3. The Bertz CT molecular complexity index is 409. The van der Waals surface area contributed by atoms with Gasteiger partial charge < -0.3 is 4.52 Å². The average Bonchev–Trinajstić information content (AvgIpc) is 2.67. The number of carbonyl (C=O) groups is 1. The molecule has 2 aromatic rings. The third kappa shape index (κ3) is 1.46. The Labute approximate surface area is 74.2 Å². The largest absolute Gasteiger partial charge is 0.356 e. The van der Waals surface area contributed by atoms with Crippen molar-refractivity contribution in [2.24, 2.45) is 0 Å². The third-order valence-electron chi connectivity index (χ3n) is 1.60. The van der Waals surface area contributed by atoms with Crippen molar-refractivity contribution in [2.75, 3.05) is 0 Å². The Hall–Kier alpha value is -1.97. The van der Waals surface area contributed by atoms with E-state index in [9.17, 15) is 4.79 Å². The first-order valence-electron chi connectivity index (χ1n) is 3.72. The van der Waals surface area contributed by atoms with E-state index >= 15 is 0 Å². The minimum Gasteiger partial charge on any atom is -0.356 e. The number of hydrogen-bond acceptors (Lipinski definition) is 4. The van der Waals surface area contributed by atoms with E-state index < -0.39 is 0 Å². The lowest BCUT2D eigenvalue weighted by Crippen LogP contribution is -1.75. The minimum absolute atomic E-state index is 0.291. The predicted molar refractivity (Wildman–Crippen MR) is 45.1 cm³/mol. The number of aldehydes is 1. The summed E-state index contributed by atoms with van der Waals surface area (Å²) >= 11 is 0. The number of pyridine rings is 1. The Kier molecular flexibility index (Phi) is 1.88. The van der Waals surface area contributed by atoms with E-state index in [4.69, 9.17) is 4.52 Å². The predicted octanol–water partition coefficient (Wildman–Crippen LogP) is 1.55. The maximum atomic E-state index is 10.3. The Balaban J connectivity index is 2.41. The molecule has 4 heteroatoms. The molecule has 0 fully saturated rings. The number of hydrogen-bond donors (Lipinski definition) is 0. The lowest BCUT2D eigenvalue weighted by molar-refractivity contribution is 0.111. The smallest absolute Gasteiger partial charge is 0.171 e. The fourth-order valence-corrected chi connectivity index (χ4v) is 0.989. The van der Waals surface area contributed by atoms with Crippen LogP contribution in [0.4, 0.5) is 0 Å². The Morgan fingerprint density at radius 1 is 1.46 bits per heavy atom. The van der Waals surface area contributed by atoms with Crippen LogP contribution in [0.1, 0.15) is 10.5 Å². The van der Waals surface area contributed by atoms with Crippen molar-refractivity contribution in [3.05, 3.63) is 36.3 Å². The van der Waals surface area contributed by atoms with E-state index in [1.54, 1.807) is 24.5 Å². The van der Waals surface area contributed by atoms with Crippen molar-refractivity contribution in [2.45, 2.75) is 0 Å². The molecule has 0 bridgehead atoms. The van der Waals surface area contributed by atoms with Gasteiger partial charge in [0, 0.05) is 24.0 Å². The first-order chi connectivity index (χ1) is 6.40. The summed E-state index contributed by atoms with van der Waals surface area (Å²) in [6.45, 7) is 0. The number of carbonyl (C=O) groups excluding carboxylic acids is 1. The third-order valence-corrected chi connectivity index (χ3v) is 1.60.